The molecule has 12 heteroatoms. The summed E-state index contributed by atoms with van der Waals surface area (Å²) in [7, 11) is 0. The predicted molar refractivity (Wildman–Crippen MR) is 116 cm³/mol. The molecule has 172 valence electrons. The molecule has 0 saturated heterocycles. The summed E-state index contributed by atoms with van der Waals surface area (Å²) in [6, 6.07) is 9.24. The second-order valence-corrected chi connectivity index (χ2v) is 7.84. The molecule has 0 bridgehead atoms. The first kappa shape index (κ1) is 22.6. The number of nitrogens with one attached hydrogen (secondary N) is 2. The molecular weight excluding hydrogens is 463 g/mol. The third kappa shape index (κ3) is 4.80. The number of rotatable bonds is 7. The van der Waals surface area contributed by atoms with Crippen molar-refractivity contribution in [1.29, 1.82) is 0 Å². The molecule has 0 aliphatic carbocycles. The lowest BCUT2D eigenvalue weighted by Crippen LogP contribution is -2.33. The first-order valence-electron chi connectivity index (χ1n) is 9.65. The predicted octanol–water partition coefficient (Wildman–Crippen LogP) is 5.85. The number of alkyl halides is 5. The molecule has 2 N–H and O–H groups in total. The van der Waals surface area contributed by atoms with Crippen molar-refractivity contribution in [3.05, 3.63) is 72.2 Å². The van der Waals surface area contributed by atoms with E-state index in [1.807, 2.05) is 19.1 Å². The van der Waals surface area contributed by atoms with E-state index in [4.69, 9.17) is 0 Å². The topological polar surface area (TPSA) is 67.1 Å². The molecule has 0 radical (unpaired) electrons. The third-order valence-electron chi connectivity index (χ3n) is 4.63. The Morgan fingerprint density at radius 1 is 1.09 bits per heavy atom. The number of aromatic nitrogens is 4. The van der Waals surface area contributed by atoms with Gasteiger partial charge in [-0.1, -0.05) is 24.3 Å². The van der Waals surface area contributed by atoms with Crippen LogP contribution in [0.5, 0.6) is 0 Å². The molecule has 3 heterocycles. The van der Waals surface area contributed by atoms with Gasteiger partial charge < -0.3 is 10.6 Å². The van der Waals surface area contributed by atoms with E-state index in [0.29, 0.717) is 29.3 Å². The molecule has 33 heavy (non-hydrogen) atoms. The Morgan fingerprint density at radius 2 is 1.85 bits per heavy atom. The highest BCUT2D eigenvalue weighted by Crippen LogP contribution is 2.44. The van der Waals surface area contributed by atoms with Crippen molar-refractivity contribution in [1.82, 2.24) is 19.0 Å². The highest BCUT2D eigenvalue weighted by Gasteiger charge is 2.58. The maximum absolute atomic E-state index is 13.6. The molecule has 3 aromatic heterocycles. The van der Waals surface area contributed by atoms with Crippen LogP contribution in [0.2, 0.25) is 0 Å². The molecule has 0 unspecified atom stereocenters. The average molecular weight is 480 g/mol. The number of nitrogens with zero attached hydrogens (tertiary/aromatic N) is 4. The van der Waals surface area contributed by atoms with Crippen molar-refractivity contribution in [2.24, 2.45) is 0 Å². The minimum absolute atomic E-state index is 0.334. The molecular formula is C21H17F5N6S. The Hall–Kier alpha value is -3.54. The van der Waals surface area contributed by atoms with Crippen LogP contribution in [-0.2, 0) is 5.92 Å². The lowest BCUT2D eigenvalue weighted by atomic mass is 10.0. The minimum atomic E-state index is -5.66. The summed E-state index contributed by atoms with van der Waals surface area (Å²) in [6.45, 7) is 2.33. The van der Waals surface area contributed by atoms with Crippen LogP contribution in [0.1, 0.15) is 11.3 Å². The SMILES string of the molecule is Cc1cc(N/C=C/CNc2nc3c(-c4ccc(C(F)(F)C(F)(F)F)cc4)cccn3n2)sn1. The first-order chi connectivity index (χ1) is 15.6. The fourth-order valence-corrected chi connectivity index (χ4v) is 3.65. The van der Waals surface area contributed by atoms with E-state index in [1.54, 1.807) is 24.5 Å². The second-order valence-electron chi connectivity index (χ2n) is 7.04. The fourth-order valence-electron chi connectivity index (χ4n) is 3.01. The van der Waals surface area contributed by atoms with Crippen molar-refractivity contribution < 1.29 is 22.0 Å². The zero-order chi connectivity index (χ0) is 23.6. The number of halogens is 5. The van der Waals surface area contributed by atoms with Crippen LogP contribution in [0.25, 0.3) is 16.8 Å². The smallest absolute Gasteiger partial charge is 0.353 e. The van der Waals surface area contributed by atoms with Gasteiger partial charge in [-0.3, -0.25) is 0 Å². The summed E-state index contributed by atoms with van der Waals surface area (Å²) < 4.78 is 70.6. The van der Waals surface area contributed by atoms with Gasteiger partial charge in [0, 0.05) is 23.9 Å². The van der Waals surface area contributed by atoms with Crippen molar-refractivity contribution in [2.75, 3.05) is 17.2 Å². The number of benzene rings is 1. The van der Waals surface area contributed by atoms with Crippen LogP contribution in [-0.4, -0.2) is 31.7 Å². The zero-order valence-corrected chi connectivity index (χ0v) is 17.9. The van der Waals surface area contributed by atoms with Crippen molar-refractivity contribution in [3.63, 3.8) is 0 Å². The Kier molecular flexibility index (Phi) is 6.02. The third-order valence-corrected chi connectivity index (χ3v) is 5.44. The Bertz CT molecular complexity index is 1280. The molecule has 0 atom stereocenters. The molecule has 4 aromatic rings. The lowest BCUT2D eigenvalue weighted by molar-refractivity contribution is -0.289. The van der Waals surface area contributed by atoms with Crippen LogP contribution in [0.3, 0.4) is 0 Å². The largest absolute Gasteiger partial charge is 0.458 e. The summed E-state index contributed by atoms with van der Waals surface area (Å²) in [5, 5.41) is 11.4. The Balaban J connectivity index is 1.48. The molecule has 0 fully saturated rings. The Labute approximate surface area is 189 Å². The number of aryl methyl sites for hydroxylation is 1. The minimum Gasteiger partial charge on any atom is -0.353 e. The first-order valence-corrected chi connectivity index (χ1v) is 10.4. The summed E-state index contributed by atoms with van der Waals surface area (Å²) in [4.78, 5) is 4.41. The van der Waals surface area contributed by atoms with E-state index < -0.39 is 17.7 Å². The van der Waals surface area contributed by atoms with E-state index in [0.717, 1.165) is 22.8 Å². The van der Waals surface area contributed by atoms with Crippen LogP contribution in [0.15, 0.2) is 60.9 Å². The van der Waals surface area contributed by atoms with Gasteiger partial charge in [0.25, 0.3) is 0 Å². The normalized spacial score (nSPS) is 12.5. The Morgan fingerprint density at radius 3 is 2.52 bits per heavy atom. The van der Waals surface area contributed by atoms with E-state index in [9.17, 15) is 22.0 Å². The number of anilines is 2. The van der Waals surface area contributed by atoms with Gasteiger partial charge in [0.05, 0.1) is 5.69 Å². The number of fused-ring (bicyclic) bond motifs is 1. The van der Waals surface area contributed by atoms with Gasteiger partial charge >= 0.3 is 12.1 Å². The molecule has 1 aromatic carbocycles. The molecule has 0 aliphatic heterocycles. The van der Waals surface area contributed by atoms with Gasteiger partial charge in [-0.2, -0.15) is 31.3 Å². The highest BCUT2D eigenvalue weighted by atomic mass is 32.1. The molecule has 4 rings (SSSR count). The second kappa shape index (κ2) is 8.77. The zero-order valence-electron chi connectivity index (χ0n) is 17.1. The monoisotopic (exact) mass is 480 g/mol. The van der Waals surface area contributed by atoms with Crippen LogP contribution >= 0.6 is 11.5 Å². The van der Waals surface area contributed by atoms with Gasteiger partial charge in [-0.25, -0.2) is 4.52 Å². The summed E-state index contributed by atoms with van der Waals surface area (Å²) in [5.41, 5.74) is 1.21. The van der Waals surface area contributed by atoms with Gasteiger partial charge in [-0.05, 0) is 54.5 Å². The quantitative estimate of drug-likeness (QED) is 0.325. The van der Waals surface area contributed by atoms with E-state index >= 15 is 0 Å². The fraction of sp³-hybridized carbons (Fsp3) is 0.190. The van der Waals surface area contributed by atoms with E-state index in [2.05, 4.69) is 25.1 Å². The van der Waals surface area contributed by atoms with Crippen LogP contribution in [0.4, 0.5) is 32.9 Å². The standard InChI is InChI=1S/C21H17F5N6S/c1-13-12-17(33-31-13)27-9-3-10-28-19-29-18-16(4-2-11-32(18)30-19)14-5-7-15(8-6-14)20(22,23)21(24,25)26/h2-9,11-12,27H,10H2,1H3,(H,28,30)/b9-3+. The van der Waals surface area contributed by atoms with Gasteiger partial charge in [0.15, 0.2) is 5.65 Å². The van der Waals surface area contributed by atoms with Gasteiger partial charge in [0.2, 0.25) is 5.95 Å². The van der Waals surface area contributed by atoms with E-state index in [1.165, 1.54) is 28.2 Å². The molecule has 0 amide bonds. The summed E-state index contributed by atoms with van der Waals surface area (Å²) in [5.74, 6) is -4.59. The van der Waals surface area contributed by atoms with Gasteiger partial charge in [0.1, 0.15) is 5.00 Å². The number of hydrogen-bond donors (Lipinski definition) is 2. The molecule has 6 nitrogen and oxygen atoms in total. The molecule has 0 saturated carbocycles. The summed E-state index contributed by atoms with van der Waals surface area (Å²) in [6.07, 6.45) is -0.404. The van der Waals surface area contributed by atoms with Gasteiger partial charge in [-0.15, -0.1) is 5.10 Å². The summed E-state index contributed by atoms with van der Waals surface area (Å²) >= 11 is 1.35. The highest BCUT2D eigenvalue weighted by molar-refractivity contribution is 7.10. The van der Waals surface area contributed by atoms with Crippen molar-refractivity contribution >= 4 is 28.1 Å². The lowest BCUT2D eigenvalue weighted by Gasteiger charge is -2.20. The average Bonchev–Trinajstić information content (AvgIpc) is 3.38. The van der Waals surface area contributed by atoms with E-state index in [-0.39, 0.29) is 0 Å². The number of pyridine rings is 1. The van der Waals surface area contributed by atoms with Crippen LogP contribution < -0.4 is 10.6 Å². The molecule has 0 aliphatic rings. The molecule has 0 spiro atoms. The maximum Gasteiger partial charge on any atom is 0.458 e. The van der Waals surface area contributed by atoms with Crippen molar-refractivity contribution in [2.45, 2.75) is 19.0 Å². The van der Waals surface area contributed by atoms with Crippen molar-refractivity contribution in [3.8, 4) is 11.1 Å². The number of hydrogen-bond acceptors (Lipinski definition) is 6. The maximum atomic E-state index is 13.6. The van der Waals surface area contributed by atoms with Crippen LogP contribution in [0, 0.1) is 6.92 Å².